The zero-order valence-electron chi connectivity index (χ0n) is 7.10. The van der Waals surface area contributed by atoms with E-state index in [9.17, 15) is 14.4 Å². The largest absolute Gasteiger partial charge is 0.465 e. The van der Waals surface area contributed by atoms with Gasteiger partial charge in [0, 0.05) is 6.54 Å². The maximum Gasteiger partial charge on any atom is 0.407 e. The topological polar surface area (TPSA) is 74.7 Å². The van der Waals surface area contributed by atoms with Gasteiger partial charge in [-0.15, -0.1) is 0 Å². The summed E-state index contributed by atoms with van der Waals surface area (Å²) in [6.07, 6.45) is 0.483. The highest BCUT2D eigenvalue weighted by Crippen LogP contribution is 2.18. The monoisotopic (exact) mass is 185 g/mol. The van der Waals surface area contributed by atoms with Crippen molar-refractivity contribution in [1.29, 1.82) is 0 Å². The maximum atomic E-state index is 11.2. The summed E-state index contributed by atoms with van der Waals surface area (Å²) in [5, 5.41) is 8.69. The van der Waals surface area contributed by atoms with Crippen LogP contribution in [-0.2, 0) is 9.59 Å². The van der Waals surface area contributed by atoms with Crippen LogP contribution in [-0.4, -0.2) is 40.8 Å². The van der Waals surface area contributed by atoms with Crippen molar-refractivity contribution in [2.45, 2.75) is 25.3 Å². The van der Waals surface area contributed by atoms with Crippen LogP contribution in [0, 0.1) is 0 Å². The quantitative estimate of drug-likeness (QED) is 0.506. The Bertz CT molecular complexity index is 238. The molecule has 1 heterocycles. The second kappa shape index (κ2) is 4.02. The average Bonchev–Trinajstić information content (AvgIpc) is 2.52. The lowest BCUT2D eigenvalue weighted by atomic mass is 10.1. The van der Waals surface area contributed by atoms with Crippen molar-refractivity contribution in [2.24, 2.45) is 0 Å². The lowest BCUT2D eigenvalue weighted by molar-refractivity contribution is -0.125. The minimum absolute atomic E-state index is 0.186. The summed E-state index contributed by atoms with van der Waals surface area (Å²) in [6.45, 7) is 0.393. The van der Waals surface area contributed by atoms with Gasteiger partial charge in [0.15, 0.2) is 5.78 Å². The van der Waals surface area contributed by atoms with Crippen molar-refractivity contribution >= 4 is 18.2 Å². The van der Waals surface area contributed by atoms with E-state index in [1.54, 1.807) is 0 Å². The first kappa shape index (κ1) is 9.70. The highest BCUT2D eigenvalue weighted by atomic mass is 16.4. The van der Waals surface area contributed by atoms with E-state index in [1.807, 2.05) is 0 Å². The Balaban J connectivity index is 2.62. The van der Waals surface area contributed by atoms with Crippen molar-refractivity contribution < 1.29 is 19.5 Å². The van der Waals surface area contributed by atoms with Gasteiger partial charge in [-0.3, -0.25) is 9.69 Å². The van der Waals surface area contributed by atoms with Crippen LogP contribution >= 0.6 is 0 Å². The van der Waals surface area contributed by atoms with Crippen LogP contribution in [0.5, 0.6) is 0 Å². The number of carbonyl (C=O) groups is 3. The molecule has 0 spiro atoms. The standard InChI is InChI=1S/C8H11NO4/c10-5-3-7(11)6-2-1-4-9(6)8(12)13/h5-6H,1-4H2,(H,12,13). The molecule has 72 valence electrons. The Morgan fingerprint density at radius 2 is 2.23 bits per heavy atom. The number of likely N-dealkylation sites (tertiary alicyclic amines) is 1. The summed E-state index contributed by atoms with van der Waals surface area (Å²) in [4.78, 5) is 33.0. The maximum absolute atomic E-state index is 11.2. The molecule has 0 saturated carbocycles. The lowest BCUT2D eigenvalue weighted by Crippen LogP contribution is -2.39. The van der Waals surface area contributed by atoms with Gasteiger partial charge in [-0.1, -0.05) is 0 Å². The molecular weight excluding hydrogens is 174 g/mol. The molecule has 1 unspecified atom stereocenters. The fourth-order valence-electron chi connectivity index (χ4n) is 1.55. The summed E-state index contributed by atoms with van der Waals surface area (Å²) < 4.78 is 0. The van der Waals surface area contributed by atoms with Gasteiger partial charge in [-0.25, -0.2) is 4.79 Å². The second-order valence-corrected chi connectivity index (χ2v) is 2.97. The Kier molecular flexibility index (Phi) is 3.00. The number of amides is 1. The van der Waals surface area contributed by atoms with Crippen molar-refractivity contribution in [3.05, 3.63) is 0 Å². The third-order valence-corrected chi connectivity index (χ3v) is 2.15. The SMILES string of the molecule is O=CCC(=O)C1CCCN1C(=O)O. The summed E-state index contributed by atoms with van der Waals surface area (Å²) in [5.74, 6) is -0.296. The highest BCUT2D eigenvalue weighted by molar-refractivity contribution is 5.95. The van der Waals surface area contributed by atoms with E-state index < -0.39 is 12.1 Å². The predicted octanol–water partition coefficient (Wildman–Crippen LogP) is 0.287. The molecule has 1 rings (SSSR count). The van der Waals surface area contributed by atoms with Gasteiger partial charge in [0.2, 0.25) is 0 Å². The molecule has 13 heavy (non-hydrogen) atoms. The van der Waals surface area contributed by atoms with Crippen LogP contribution in [0.15, 0.2) is 0 Å². The Hall–Kier alpha value is -1.39. The molecule has 1 saturated heterocycles. The van der Waals surface area contributed by atoms with Crippen molar-refractivity contribution in [1.82, 2.24) is 4.90 Å². The number of carbonyl (C=O) groups excluding carboxylic acids is 2. The van der Waals surface area contributed by atoms with Crippen molar-refractivity contribution in [2.75, 3.05) is 6.54 Å². The molecule has 0 radical (unpaired) electrons. The van der Waals surface area contributed by atoms with E-state index >= 15 is 0 Å². The number of ketones is 1. The summed E-state index contributed by atoms with van der Waals surface area (Å²) in [7, 11) is 0. The van der Waals surface area contributed by atoms with E-state index in [2.05, 4.69) is 0 Å². The average molecular weight is 185 g/mol. The minimum Gasteiger partial charge on any atom is -0.465 e. The Morgan fingerprint density at radius 3 is 2.77 bits per heavy atom. The van der Waals surface area contributed by atoms with E-state index in [4.69, 9.17) is 5.11 Å². The lowest BCUT2D eigenvalue weighted by Gasteiger charge is -2.18. The number of hydrogen-bond donors (Lipinski definition) is 1. The number of nitrogens with zero attached hydrogens (tertiary/aromatic N) is 1. The minimum atomic E-state index is -1.08. The van der Waals surface area contributed by atoms with Crippen molar-refractivity contribution in [3.63, 3.8) is 0 Å². The van der Waals surface area contributed by atoms with Crippen LogP contribution < -0.4 is 0 Å². The molecule has 0 aromatic carbocycles. The predicted molar refractivity (Wildman–Crippen MR) is 43.4 cm³/mol. The smallest absolute Gasteiger partial charge is 0.407 e. The van der Waals surface area contributed by atoms with Gasteiger partial charge in [-0.05, 0) is 12.8 Å². The molecule has 5 heteroatoms. The molecule has 1 fully saturated rings. The third kappa shape index (κ3) is 2.05. The number of rotatable bonds is 3. The summed E-state index contributed by atoms with van der Waals surface area (Å²) in [5.41, 5.74) is 0. The van der Waals surface area contributed by atoms with Gasteiger partial charge in [0.1, 0.15) is 6.29 Å². The number of aldehydes is 1. The Labute approximate surface area is 75.3 Å². The first-order valence-corrected chi connectivity index (χ1v) is 4.12. The van der Waals surface area contributed by atoms with E-state index in [1.165, 1.54) is 0 Å². The first-order chi connectivity index (χ1) is 6.16. The molecule has 0 aromatic rings. The molecule has 0 bridgehead atoms. The third-order valence-electron chi connectivity index (χ3n) is 2.15. The molecule has 1 aliphatic rings. The zero-order chi connectivity index (χ0) is 9.84. The normalized spacial score (nSPS) is 21.5. The molecule has 1 N–H and O–H groups in total. The molecule has 5 nitrogen and oxygen atoms in total. The highest BCUT2D eigenvalue weighted by Gasteiger charge is 2.33. The van der Waals surface area contributed by atoms with Crippen LogP contribution in [0.4, 0.5) is 4.79 Å². The van der Waals surface area contributed by atoms with Crippen LogP contribution in [0.2, 0.25) is 0 Å². The number of Topliss-reactive ketones (excluding diaryl/α,β-unsaturated/α-hetero) is 1. The van der Waals surface area contributed by atoms with Crippen LogP contribution in [0.25, 0.3) is 0 Å². The molecular formula is C8H11NO4. The Morgan fingerprint density at radius 1 is 1.54 bits per heavy atom. The molecule has 1 aliphatic heterocycles. The zero-order valence-corrected chi connectivity index (χ0v) is 7.10. The van der Waals surface area contributed by atoms with Gasteiger partial charge in [0.25, 0.3) is 0 Å². The van der Waals surface area contributed by atoms with Gasteiger partial charge in [-0.2, -0.15) is 0 Å². The first-order valence-electron chi connectivity index (χ1n) is 4.12. The van der Waals surface area contributed by atoms with Gasteiger partial charge in [0.05, 0.1) is 12.5 Å². The summed E-state index contributed by atoms with van der Waals surface area (Å²) >= 11 is 0. The van der Waals surface area contributed by atoms with Gasteiger partial charge >= 0.3 is 6.09 Å². The van der Waals surface area contributed by atoms with Gasteiger partial charge < -0.3 is 9.90 Å². The molecule has 1 amide bonds. The number of hydrogen-bond acceptors (Lipinski definition) is 3. The van der Waals surface area contributed by atoms with Crippen LogP contribution in [0.1, 0.15) is 19.3 Å². The molecule has 0 aromatic heterocycles. The molecule has 0 aliphatic carbocycles. The summed E-state index contributed by atoms with van der Waals surface area (Å²) in [6, 6.07) is -0.595. The van der Waals surface area contributed by atoms with E-state index in [0.717, 1.165) is 4.90 Å². The van der Waals surface area contributed by atoms with Crippen LogP contribution in [0.3, 0.4) is 0 Å². The van der Waals surface area contributed by atoms with Crippen molar-refractivity contribution in [3.8, 4) is 0 Å². The van der Waals surface area contributed by atoms with E-state index in [0.29, 0.717) is 25.7 Å². The second-order valence-electron chi connectivity index (χ2n) is 2.97. The van der Waals surface area contributed by atoms with E-state index in [-0.39, 0.29) is 12.2 Å². The fraction of sp³-hybridized carbons (Fsp3) is 0.625. The number of carboxylic acid groups (broad SMARTS) is 1. The molecule has 1 atom stereocenters. The fourth-order valence-corrected chi connectivity index (χ4v) is 1.55.